The van der Waals surface area contributed by atoms with E-state index in [1.807, 2.05) is 36.2 Å². The van der Waals surface area contributed by atoms with Crippen LogP contribution in [0, 0.1) is 0 Å². The smallest absolute Gasteiger partial charge is 0.195 e. The van der Waals surface area contributed by atoms with Crippen LogP contribution >= 0.6 is 11.8 Å². The number of hydrogen-bond donors (Lipinski definition) is 1. The van der Waals surface area contributed by atoms with E-state index in [1.165, 1.54) is 25.7 Å². The van der Waals surface area contributed by atoms with Gasteiger partial charge in [-0.3, -0.25) is 4.40 Å². The molecule has 0 aliphatic heterocycles. The van der Waals surface area contributed by atoms with Crippen molar-refractivity contribution < 1.29 is 0 Å². The summed E-state index contributed by atoms with van der Waals surface area (Å²) in [5.41, 5.74) is 0.934. The molecule has 0 bridgehead atoms. The van der Waals surface area contributed by atoms with Gasteiger partial charge in [0.1, 0.15) is 0 Å². The van der Waals surface area contributed by atoms with Crippen LogP contribution in [0.4, 0.5) is 0 Å². The number of nitrogens with one attached hydrogen (secondary N) is 1. The summed E-state index contributed by atoms with van der Waals surface area (Å²) in [7, 11) is 0. The standard InChI is InChI=1S/C14H20N4S/c1-2-15-11-6-5-7-12(10-11)19-14-17-16-13-8-3-4-9-18(13)14/h3-4,8-9,11-12,15H,2,5-7,10H2,1H3. The minimum atomic E-state index is 0.658. The molecule has 1 aliphatic rings. The molecule has 0 radical (unpaired) electrons. The molecule has 0 amide bonds. The van der Waals surface area contributed by atoms with Crippen molar-refractivity contribution in [3.63, 3.8) is 0 Å². The summed E-state index contributed by atoms with van der Waals surface area (Å²) in [5.74, 6) is 0. The Morgan fingerprint density at radius 1 is 1.37 bits per heavy atom. The maximum atomic E-state index is 4.32. The zero-order valence-electron chi connectivity index (χ0n) is 11.2. The van der Waals surface area contributed by atoms with Gasteiger partial charge in [0, 0.05) is 17.5 Å². The molecule has 5 heteroatoms. The second-order valence-corrected chi connectivity index (χ2v) is 6.34. The number of rotatable bonds is 4. The lowest BCUT2D eigenvalue weighted by Crippen LogP contribution is -2.34. The van der Waals surface area contributed by atoms with Crippen LogP contribution in [0.3, 0.4) is 0 Å². The van der Waals surface area contributed by atoms with Gasteiger partial charge in [0.2, 0.25) is 0 Å². The number of fused-ring (bicyclic) bond motifs is 1. The second kappa shape index (κ2) is 5.92. The third kappa shape index (κ3) is 2.92. The highest BCUT2D eigenvalue weighted by molar-refractivity contribution is 7.99. The molecule has 2 heterocycles. The van der Waals surface area contributed by atoms with E-state index in [-0.39, 0.29) is 0 Å². The Morgan fingerprint density at radius 3 is 3.21 bits per heavy atom. The van der Waals surface area contributed by atoms with E-state index >= 15 is 0 Å². The van der Waals surface area contributed by atoms with E-state index in [9.17, 15) is 0 Å². The van der Waals surface area contributed by atoms with Crippen molar-refractivity contribution >= 4 is 17.4 Å². The van der Waals surface area contributed by atoms with Gasteiger partial charge in [0.05, 0.1) is 0 Å². The maximum absolute atomic E-state index is 4.32. The van der Waals surface area contributed by atoms with Gasteiger partial charge in [0.25, 0.3) is 0 Å². The summed E-state index contributed by atoms with van der Waals surface area (Å²) in [6.45, 7) is 3.25. The highest BCUT2D eigenvalue weighted by Gasteiger charge is 2.23. The Labute approximate surface area is 118 Å². The van der Waals surface area contributed by atoms with Gasteiger partial charge in [-0.1, -0.05) is 31.2 Å². The van der Waals surface area contributed by atoms with Gasteiger partial charge in [-0.05, 0) is 37.9 Å². The molecule has 2 aromatic rings. The predicted molar refractivity (Wildman–Crippen MR) is 78.6 cm³/mol. The first kappa shape index (κ1) is 12.9. The maximum Gasteiger partial charge on any atom is 0.195 e. The highest BCUT2D eigenvalue weighted by atomic mass is 32.2. The number of aromatic nitrogens is 3. The number of thioether (sulfide) groups is 1. The van der Waals surface area contributed by atoms with Gasteiger partial charge in [-0.25, -0.2) is 0 Å². The molecule has 3 rings (SSSR count). The molecule has 0 aromatic carbocycles. The molecule has 102 valence electrons. The molecule has 1 N–H and O–H groups in total. The monoisotopic (exact) mass is 276 g/mol. The fourth-order valence-electron chi connectivity index (χ4n) is 2.77. The predicted octanol–water partition coefficient (Wildman–Crippen LogP) is 2.74. The molecular weight excluding hydrogens is 256 g/mol. The van der Waals surface area contributed by atoms with Crippen LogP contribution < -0.4 is 5.32 Å². The Balaban J connectivity index is 1.70. The van der Waals surface area contributed by atoms with Gasteiger partial charge in [-0.2, -0.15) is 0 Å². The Kier molecular flexibility index (Phi) is 4.03. The molecule has 1 saturated carbocycles. The van der Waals surface area contributed by atoms with E-state index in [0.717, 1.165) is 17.3 Å². The van der Waals surface area contributed by atoms with Crippen molar-refractivity contribution in [3.05, 3.63) is 24.4 Å². The number of pyridine rings is 1. The van der Waals surface area contributed by atoms with Crippen molar-refractivity contribution in [2.24, 2.45) is 0 Å². The van der Waals surface area contributed by atoms with Crippen molar-refractivity contribution in [1.82, 2.24) is 19.9 Å². The topological polar surface area (TPSA) is 42.2 Å². The van der Waals surface area contributed by atoms with E-state index < -0.39 is 0 Å². The molecule has 2 unspecified atom stereocenters. The van der Waals surface area contributed by atoms with E-state index in [0.29, 0.717) is 11.3 Å². The molecule has 4 nitrogen and oxygen atoms in total. The fourth-order valence-corrected chi connectivity index (χ4v) is 4.04. The normalized spacial score (nSPS) is 23.8. The zero-order valence-corrected chi connectivity index (χ0v) is 12.1. The average molecular weight is 276 g/mol. The molecule has 1 aliphatic carbocycles. The molecule has 1 fully saturated rings. The largest absolute Gasteiger partial charge is 0.314 e. The molecule has 0 saturated heterocycles. The lowest BCUT2D eigenvalue weighted by Gasteiger charge is -2.28. The molecule has 2 aromatic heterocycles. The third-order valence-corrected chi connectivity index (χ3v) is 4.92. The van der Waals surface area contributed by atoms with Crippen molar-refractivity contribution in [2.45, 2.75) is 49.1 Å². The van der Waals surface area contributed by atoms with Gasteiger partial charge >= 0.3 is 0 Å². The molecule has 0 spiro atoms. The molecule has 19 heavy (non-hydrogen) atoms. The van der Waals surface area contributed by atoms with E-state index in [2.05, 4.69) is 26.8 Å². The van der Waals surface area contributed by atoms with E-state index in [1.54, 1.807) is 0 Å². The minimum absolute atomic E-state index is 0.658. The Bertz CT molecular complexity index is 537. The number of hydrogen-bond acceptors (Lipinski definition) is 4. The number of nitrogens with zero attached hydrogens (tertiary/aromatic N) is 3. The van der Waals surface area contributed by atoms with Crippen LogP contribution in [-0.2, 0) is 0 Å². The highest BCUT2D eigenvalue weighted by Crippen LogP contribution is 2.32. The molecule has 2 atom stereocenters. The first-order chi connectivity index (χ1) is 9.36. The summed E-state index contributed by atoms with van der Waals surface area (Å²) in [6.07, 6.45) is 7.19. The summed E-state index contributed by atoms with van der Waals surface area (Å²) in [4.78, 5) is 0. The van der Waals surface area contributed by atoms with Crippen LogP contribution in [0.2, 0.25) is 0 Å². The first-order valence-corrected chi connectivity index (χ1v) is 7.94. The summed E-state index contributed by atoms with van der Waals surface area (Å²) in [5, 5.41) is 13.8. The van der Waals surface area contributed by atoms with Crippen LogP contribution in [0.15, 0.2) is 29.6 Å². The van der Waals surface area contributed by atoms with Crippen LogP contribution in [-0.4, -0.2) is 32.4 Å². The summed E-state index contributed by atoms with van der Waals surface area (Å²) < 4.78 is 2.08. The quantitative estimate of drug-likeness (QED) is 0.932. The Morgan fingerprint density at radius 2 is 2.32 bits per heavy atom. The second-order valence-electron chi connectivity index (χ2n) is 5.07. The lowest BCUT2D eigenvalue weighted by atomic mass is 9.95. The minimum Gasteiger partial charge on any atom is -0.314 e. The fraction of sp³-hybridized carbons (Fsp3) is 0.571. The zero-order chi connectivity index (χ0) is 13.1. The van der Waals surface area contributed by atoms with Gasteiger partial charge in [0.15, 0.2) is 10.8 Å². The van der Waals surface area contributed by atoms with Crippen molar-refractivity contribution in [1.29, 1.82) is 0 Å². The lowest BCUT2D eigenvalue weighted by molar-refractivity contribution is 0.387. The van der Waals surface area contributed by atoms with E-state index in [4.69, 9.17) is 0 Å². The van der Waals surface area contributed by atoms with Crippen molar-refractivity contribution in [3.8, 4) is 0 Å². The van der Waals surface area contributed by atoms with Crippen LogP contribution in [0.25, 0.3) is 5.65 Å². The molecular formula is C14H20N4S. The van der Waals surface area contributed by atoms with Crippen LogP contribution in [0.5, 0.6) is 0 Å². The summed E-state index contributed by atoms with van der Waals surface area (Å²) >= 11 is 1.88. The average Bonchev–Trinajstić information content (AvgIpc) is 2.83. The first-order valence-electron chi connectivity index (χ1n) is 7.06. The Hall–Kier alpha value is -1.07. The van der Waals surface area contributed by atoms with Crippen molar-refractivity contribution in [2.75, 3.05) is 6.54 Å². The third-order valence-electron chi connectivity index (χ3n) is 3.67. The summed E-state index contributed by atoms with van der Waals surface area (Å²) in [6, 6.07) is 6.71. The van der Waals surface area contributed by atoms with Gasteiger partial charge in [-0.15, -0.1) is 10.2 Å². The van der Waals surface area contributed by atoms with Crippen LogP contribution in [0.1, 0.15) is 32.6 Å². The SMILES string of the molecule is CCNC1CCCC(Sc2nnc3ccccn23)C1. The van der Waals surface area contributed by atoms with Gasteiger partial charge < -0.3 is 5.32 Å².